The summed E-state index contributed by atoms with van der Waals surface area (Å²) in [7, 11) is 0. The van der Waals surface area contributed by atoms with E-state index in [1.807, 2.05) is 0 Å². The van der Waals surface area contributed by atoms with Crippen LogP contribution in [0.3, 0.4) is 0 Å². The molecular weight excluding hydrogens is 408 g/mol. The minimum Gasteiger partial charge on any atom is -0.480 e. The molecule has 0 saturated carbocycles. The van der Waals surface area contributed by atoms with Gasteiger partial charge in [-0.1, -0.05) is 0 Å². The van der Waals surface area contributed by atoms with Crippen LogP contribution in [-0.2, 0) is 19.2 Å². The highest BCUT2D eigenvalue weighted by Crippen LogP contribution is 2.05. The van der Waals surface area contributed by atoms with Gasteiger partial charge in [0.2, 0.25) is 17.7 Å². The maximum atomic E-state index is 12.8. The van der Waals surface area contributed by atoms with Gasteiger partial charge in [0, 0.05) is 6.54 Å². The number of amides is 3. The minimum atomic E-state index is -1.21. The summed E-state index contributed by atoms with van der Waals surface area (Å²) in [6, 6.07) is -3.94. The fourth-order valence-corrected chi connectivity index (χ4v) is 2.49. The Balaban J connectivity index is 5.29. The molecule has 0 saturated heterocycles. The highest BCUT2D eigenvalue weighted by atomic mass is 16.4. The maximum Gasteiger partial charge on any atom is 0.325 e. The van der Waals surface area contributed by atoms with Crippen LogP contribution in [0.5, 0.6) is 0 Å². The van der Waals surface area contributed by atoms with Crippen LogP contribution in [0.1, 0.15) is 46.0 Å². The van der Waals surface area contributed by atoms with Gasteiger partial charge >= 0.3 is 5.97 Å². The molecule has 3 amide bonds. The number of hydrogen-bond donors (Lipinski definition) is 8. The molecule has 0 bridgehead atoms. The average Bonchev–Trinajstić information content (AvgIpc) is 2.68. The van der Waals surface area contributed by atoms with Crippen molar-refractivity contribution in [2.45, 2.75) is 70.1 Å². The maximum absolute atomic E-state index is 12.8. The lowest BCUT2D eigenvalue weighted by Crippen LogP contribution is -2.56. The molecule has 4 atom stereocenters. The summed E-state index contributed by atoms with van der Waals surface area (Å²) in [5.74, 6) is -3.08. The highest BCUT2D eigenvalue weighted by molar-refractivity contribution is 5.93. The fraction of sp³-hybridized carbons (Fsp3) is 0.722. The third-order valence-corrected chi connectivity index (χ3v) is 4.30. The number of carbonyl (C=O) groups excluding carboxylic acids is 3. The highest BCUT2D eigenvalue weighted by Gasteiger charge is 2.28. The summed E-state index contributed by atoms with van der Waals surface area (Å²) < 4.78 is 0. The summed E-state index contributed by atoms with van der Waals surface area (Å²) in [4.78, 5) is 52.2. The molecule has 0 aromatic heterocycles. The van der Waals surface area contributed by atoms with E-state index >= 15 is 0 Å². The van der Waals surface area contributed by atoms with Gasteiger partial charge in [0.1, 0.15) is 18.1 Å². The minimum absolute atomic E-state index is 0.0928. The van der Waals surface area contributed by atoms with Crippen molar-refractivity contribution in [3.8, 4) is 0 Å². The Hall–Kier alpha value is -2.93. The number of nitrogens with one attached hydrogen (secondary N) is 3. The molecule has 0 rings (SSSR count). The SMILES string of the molecule is CC(N)C(=O)NC(CCCN=C(N)N)C(=O)NC(CCCCN)C(=O)NC(C)C(=O)O. The lowest BCUT2D eigenvalue weighted by atomic mass is 10.1. The third-order valence-electron chi connectivity index (χ3n) is 4.30. The Labute approximate surface area is 181 Å². The van der Waals surface area contributed by atoms with E-state index in [0.29, 0.717) is 25.8 Å². The first kappa shape index (κ1) is 28.1. The first-order chi connectivity index (χ1) is 14.5. The van der Waals surface area contributed by atoms with Gasteiger partial charge in [-0.15, -0.1) is 0 Å². The Kier molecular flexibility index (Phi) is 13.5. The number of aliphatic imine (C=N–C) groups is 1. The molecule has 0 aliphatic rings. The summed E-state index contributed by atoms with van der Waals surface area (Å²) in [6.07, 6.45) is 2.00. The molecule has 0 aliphatic carbocycles. The third kappa shape index (κ3) is 12.4. The van der Waals surface area contributed by atoms with Gasteiger partial charge < -0.3 is 44.0 Å². The van der Waals surface area contributed by atoms with Crippen LogP contribution in [0.2, 0.25) is 0 Å². The molecule has 0 aromatic carbocycles. The largest absolute Gasteiger partial charge is 0.480 e. The zero-order valence-corrected chi connectivity index (χ0v) is 18.1. The van der Waals surface area contributed by atoms with Gasteiger partial charge in [0.05, 0.1) is 6.04 Å². The number of guanidine groups is 1. The van der Waals surface area contributed by atoms with Crippen molar-refractivity contribution in [2.75, 3.05) is 13.1 Å². The molecule has 12 N–H and O–H groups in total. The van der Waals surface area contributed by atoms with Crippen LogP contribution in [0.4, 0.5) is 0 Å². The normalized spacial score (nSPS) is 14.5. The van der Waals surface area contributed by atoms with Crippen molar-refractivity contribution in [3.63, 3.8) is 0 Å². The Morgan fingerprint density at radius 3 is 1.87 bits per heavy atom. The van der Waals surface area contributed by atoms with Gasteiger partial charge in [-0.05, 0) is 52.5 Å². The average molecular weight is 445 g/mol. The Morgan fingerprint density at radius 2 is 1.39 bits per heavy atom. The van der Waals surface area contributed by atoms with Crippen molar-refractivity contribution in [1.29, 1.82) is 0 Å². The van der Waals surface area contributed by atoms with Crippen LogP contribution in [0, 0.1) is 0 Å². The number of carboxylic acid groups (broad SMARTS) is 1. The van der Waals surface area contributed by atoms with E-state index < -0.39 is 47.9 Å². The predicted molar refractivity (Wildman–Crippen MR) is 116 cm³/mol. The van der Waals surface area contributed by atoms with Crippen LogP contribution < -0.4 is 38.9 Å². The lowest BCUT2D eigenvalue weighted by molar-refractivity contribution is -0.141. The topological polar surface area (TPSA) is 241 Å². The zero-order valence-electron chi connectivity index (χ0n) is 18.1. The number of carboxylic acids is 1. The molecule has 0 heterocycles. The first-order valence-corrected chi connectivity index (χ1v) is 10.1. The van der Waals surface area contributed by atoms with Crippen molar-refractivity contribution in [1.82, 2.24) is 16.0 Å². The number of unbranched alkanes of at least 4 members (excludes halogenated alkanes) is 1. The quantitative estimate of drug-likeness (QED) is 0.0731. The molecule has 0 aliphatic heterocycles. The number of rotatable bonds is 15. The fourth-order valence-electron chi connectivity index (χ4n) is 2.49. The van der Waals surface area contributed by atoms with Crippen LogP contribution in [0.25, 0.3) is 0 Å². The standard InChI is InChI=1S/C18H36N8O5/c1-10(20)14(27)25-13(7-5-9-23-18(21)22)16(29)26-12(6-3-4-8-19)15(28)24-11(2)17(30)31/h10-13H,3-9,19-20H2,1-2H3,(H,24,28)(H,25,27)(H,26,29)(H,30,31)(H4,21,22,23). The Morgan fingerprint density at radius 1 is 0.871 bits per heavy atom. The summed E-state index contributed by atoms with van der Waals surface area (Å²) >= 11 is 0. The van der Waals surface area contributed by atoms with Gasteiger partial charge in [-0.25, -0.2) is 0 Å². The Bertz CT molecular complexity index is 636. The molecule has 0 aromatic rings. The zero-order chi connectivity index (χ0) is 24.0. The molecular formula is C18H36N8O5. The number of nitrogens with two attached hydrogens (primary N) is 4. The number of aliphatic carboxylic acids is 1. The van der Waals surface area contributed by atoms with Crippen molar-refractivity contribution in [3.05, 3.63) is 0 Å². The molecule has 178 valence electrons. The van der Waals surface area contributed by atoms with Crippen LogP contribution in [0.15, 0.2) is 4.99 Å². The van der Waals surface area contributed by atoms with E-state index in [1.54, 1.807) is 0 Å². The second-order valence-corrected chi connectivity index (χ2v) is 7.21. The van der Waals surface area contributed by atoms with Crippen LogP contribution >= 0.6 is 0 Å². The molecule has 13 heteroatoms. The molecule has 0 fully saturated rings. The molecule has 0 spiro atoms. The number of nitrogens with zero attached hydrogens (tertiary/aromatic N) is 1. The van der Waals surface area contributed by atoms with Gasteiger partial charge in [0.25, 0.3) is 0 Å². The second kappa shape index (κ2) is 15.0. The molecule has 13 nitrogen and oxygen atoms in total. The van der Waals surface area contributed by atoms with Crippen LogP contribution in [-0.4, -0.2) is 72.0 Å². The van der Waals surface area contributed by atoms with E-state index in [-0.39, 0.29) is 25.3 Å². The van der Waals surface area contributed by atoms with E-state index in [4.69, 9.17) is 28.0 Å². The molecule has 0 radical (unpaired) electrons. The van der Waals surface area contributed by atoms with Crippen molar-refractivity contribution >= 4 is 29.7 Å². The number of hydrogen-bond acceptors (Lipinski definition) is 7. The molecule has 4 unspecified atom stereocenters. The predicted octanol–water partition coefficient (Wildman–Crippen LogP) is -2.92. The van der Waals surface area contributed by atoms with Crippen molar-refractivity contribution in [2.24, 2.45) is 27.9 Å². The van der Waals surface area contributed by atoms with E-state index in [0.717, 1.165) is 0 Å². The lowest BCUT2D eigenvalue weighted by Gasteiger charge is -2.24. The van der Waals surface area contributed by atoms with E-state index in [1.165, 1.54) is 13.8 Å². The van der Waals surface area contributed by atoms with Gasteiger partial charge in [-0.2, -0.15) is 0 Å². The second-order valence-electron chi connectivity index (χ2n) is 7.21. The van der Waals surface area contributed by atoms with Crippen molar-refractivity contribution < 1.29 is 24.3 Å². The summed E-state index contributed by atoms with van der Waals surface area (Å²) in [5, 5.41) is 16.5. The molecule has 31 heavy (non-hydrogen) atoms. The number of carbonyl (C=O) groups is 4. The smallest absolute Gasteiger partial charge is 0.325 e. The van der Waals surface area contributed by atoms with Gasteiger partial charge in [0.15, 0.2) is 5.96 Å². The summed E-state index contributed by atoms with van der Waals surface area (Å²) in [5.41, 5.74) is 21.6. The van der Waals surface area contributed by atoms with E-state index in [2.05, 4.69) is 20.9 Å². The summed E-state index contributed by atoms with van der Waals surface area (Å²) in [6.45, 7) is 3.44. The monoisotopic (exact) mass is 444 g/mol. The van der Waals surface area contributed by atoms with E-state index in [9.17, 15) is 19.2 Å². The van der Waals surface area contributed by atoms with Gasteiger partial charge in [-0.3, -0.25) is 24.2 Å². The first-order valence-electron chi connectivity index (χ1n) is 10.1.